The molecule has 0 bridgehead atoms. The standard InChI is InChI=1S/C12H18FN5O3S/c1-16(2)22(19,20)18-3-4-21-11-8-17(7-10(11)18)12-14-5-9(13)6-15-12/h5-6,10-11H,3-4,7-8H2,1-2H3/t10-,11+/m0/s1. The fourth-order valence-electron chi connectivity index (χ4n) is 2.79. The van der Waals surface area contributed by atoms with Crippen LogP contribution in [0, 0.1) is 5.82 Å². The van der Waals surface area contributed by atoms with E-state index in [1.54, 1.807) is 0 Å². The van der Waals surface area contributed by atoms with Gasteiger partial charge >= 0.3 is 0 Å². The summed E-state index contributed by atoms with van der Waals surface area (Å²) in [6.07, 6.45) is 1.95. The molecule has 2 atom stereocenters. The normalized spacial score (nSPS) is 26.5. The van der Waals surface area contributed by atoms with Crippen LogP contribution in [0.5, 0.6) is 0 Å². The molecule has 3 rings (SSSR count). The SMILES string of the molecule is CN(C)S(=O)(=O)N1CCO[C@@H]2CN(c3ncc(F)cn3)C[C@@H]21. The summed E-state index contributed by atoms with van der Waals surface area (Å²) in [4.78, 5) is 9.71. The number of halogens is 1. The molecule has 2 saturated heterocycles. The summed E-state index contributed by atoms with van der Waals surface area (Å²) in [5.41, 5.74) is 0. The highest BCUT2D eigenvalue weighted by Gasteiger charge is 2.46. The summed E-state index contributed by atoms with van der Waals surface area (Å²) in [5, 5.41) is 0. The molecule has 0 radical (unpaired) electrons. The fraction of sp³-hybridized carbons (Fsp3) is 0.667. The molecule has 2 aliphatic rings. The Morgan fingerprint density at radius 3 is 2.64 bits per heavy atom. The molecule has 1 aromatic rings. The van der Waals surface area contributed by atoms with E-state index in [9.17, 15) is 12.8 Å². The third-order valence-electron chi connectivity index (χ3n) is 3.90. The minimum absolute atomic E-state index is 0.239. The maximum atomic E-state index is 12.9. The van der Waals surface area contributed by atoms with Crippen LogP contribution in [0.25, 0.3) is 0 Å². The summed E-state index contributed by atoms with van der Waals surface area (Å²) in [6, 6.07) is -0.296. The number of rotatable bonds is 3. The Kier molecular flexibility index (Phi) is 4.02. The van der Waals surface area contributed by atoms with Crippen LogP contribution in [0.4, 0.5) is 10.3 Å². The van der Waals surface area contributed by atoms with E-state index in [1.165, 1.54) is 22.7 Å². The molecule has 0 aromatic carbocycles. The minimum atomic E-state index is -3.51. The Hall–Kier alpha value is -1.36. The molecule has 10 heteroatoms. The zero-order valence-electron chi connectivity index (χ0n) is 12.4. The molecule has 2 aliphatic heterocycles. The van der Waals surface area contributed by atoms with E-state index >= 15 is 0 Å². The monoisotopic (exact) mass is 331 g/mol. The second-order valence-electron chi connectivity index (χ2n) is 5.48. The van der Waals surface area contributed by atoms with Crippen LogP contribution in [-0.4, -0.2) is 79.5 Å². The number of hydrogen-bond acceptors (Lipinski definition) is 6. The minimum Gasteiger partial charge on any atom is -0.373 e. The number of aromatic nitrogens is 2. The van der Waals surface area contributed by atoms with Crippen molar-refractivity contribution >= 4 is 16.2 Å². The van der Waals surface area contributed by atoms with Gasteiger partial charge < -0.3 is 9.64 Å². The predicted molar refractivity (Wildman–Crippen MR) is 77.0 cm³/mol. The molecule has 1 aromatic heterocycles. The average Bonchev–Trinajstić information content (AvgIpc) is 2.91. The van der Waals surface area contributed by atoms with Crippen molar-refractivity contribution in [3.8, 4) is 0 Å². The van der Waals surface area contributed by atoms with E-state index < -0.39 is 16.0 Å². The quantitative estimate of drug-likeness (QED) is 0.730. The number of fused-ring (bicyclic) bond motifs is 1. The lowest BCUT2D eigenvalue weighted by Gasteiger charge is -2.36. The van der Waals surface area contributed by atoms with Crippen LogP contribution in [-0.2, 0) is 14.9 Å². The number of nitrogens with zero attached hydrogens (tertiary/aromatic N) is 5. The third-order valence-corrected chi connectivity index (χ3v) is 5.87. The molecule has 3 heterocycles. The Labute approximate surface area is 128 Å². The van der Waals surface area contributed by atoms with Crippen LogP contribution in [0.1, 0.15) is 0 Å². The summed E-state index contributed by atoms with van der Waals surface area (Å²) in [7, 11) is -0.488. The third kappa shape index (κ3) is 2.67. The van der Waals surface area contributed by atoms with Gasteiger partial charge in [0.2, 0.25) is 5.95 Å². The Morgan fingerprint density at radius 2 is 2.00 bits per heavy atom. The molecule has 22 heavy (non-hydrogen) atoms. The van der Waals surface area contributed by atoms with Gasteiger partial charge in [-0.3, -0.25) is 0 Å². The van der Waals surface area contributed by atoms with Crippen LogP contribution >= 0.6 is 0 Å². The summed E-state index contributed by atoms with van der Waals surface area (Å²) < 4.78 is 46.1. The first-order valence-corrected chi connectivity index (χ1v) is 8.32. The molecule has 0 unspecified atom stereocenters. The van der Waals surface area contributed by atoms with Gasteiger partial charge in [-0.15, -0.1) is 0 Å². The van der Waals surface area contributed by atoms with Crippen LogP contribution < -0.4 is 4.90 Å². The second kappa shape index (κ2) is 5.69. The fourth-order valence-corrected chi connectivity index (χ4v) is 4.05. The molecule has 0 spiro atoms. The largest absolute Gasteiger partial charge is 0.373 e. The topological polar surface area (TPSA) is 78.9 Å². The lowest BCUT2D eigenvalue weighted by atomic mass is 10.2. The molecular weight excluding hydrogens is 313 g/mol. The zero-order valence-corrected chi connectivity index (χ0v) is 13.2. The van der Waals surface area contributed by atoms with Crippen molar-refractivity contribution in [3.63, 3.8) is 0 Å². The van der Waals surface area contributed by atoms with E-state index in [1.807, 2.05) is 4.90 Å². The Balaban J connectivity index is 1.82. The van der Waals surface area contributed by atoms with Gasteiger partial charge in [0.05, 0.1) is 31.1 Å². The molecule has 122 valence electrons. The van der Waals surface area contributed by atoms with Crippen LogP contribution in [0.2, 0.25) is 0 Å². The molecule has 0 amide bonds. The molecule has 0 aliphatic carbocycles. The first kappa shape index (κ1) is 15.5. The van der Waals surface area contributed by atoms with Crippen molar-refractivity contribution in [2.75, 3.05) is 45.2 Å². The van der Waals surface area contributed by atoms with E-state index in [2.05, 4.69) is 9.97 Å². The zero-order chi connectivity index (χ0) is 15.9. The van der Waals surface area contributed by atoms with Crippen molar-refractivity contribution in [2.45, 2.75) is 12.1 Å². The second-order valence-corrected chi connectivity index (χ2v) is 7.58. The van der Waals surface area contributed by atoms with Crippen LogP contribution in [0.3, 0.4) is 0 Å². The van der Waals surface area contributed by atoms with Crippen molar-refractivity contribution in [2.24, 2.45) is 0 Å². The lowest BCUT2D eigenvalue weighted by Crippen LogP contribution is -2.55. The van der Waals surface area contributed by atoms with Crippen LogP contribution in [0.15, 0.2) is 12.4 Å². The van der Waals surface area contributed by atoms with Gasteiger partial charge in [0.1, 0.15) is 0 Å². The van der Waals surface area contributed by atoms with Gasteiger partial charge in [0, 0.05) is 33.7 Å². The smallest absolute Gasteiger partial charge is 0.281 e. The summed E-state index contributed by atoms with van der Waals surface area (Å²) >= 11 is 0. The van der Waals surface area contributed by atoms with E-state index in [4.69, 9.17) is 4.74 Å². The highest BCUT2D eigenvalue weighted by atomic mass is 32.2. The van der Waals surface area contributed by atoms with Gasteiger partial charge in [-0.1, -0.05) is 0 Å². The van der Waals surface area contributed by atoms with Gasteiger partial charge in [0.15, 0.2) is 5.82 Å². The van der Waals surface area contributed by atoms with Gasteiger partial charge in [-0.05, 0) is 0 Å². The van der Waals surface area contributed by atoms with Crippen molar-refractivity contribution in [1.29, 1.82) is 0 Å². The Morgan fingerprint density at radius 1 is 1.32 bits per heavy atom. The molecule has 8 nitrogen and oxygen atoms in total. The molecule has 0 N–H and O–H groups in total. The van der Waals surface area contributed by atoms with E-state index in [-0.39, 0.29) is 12.1 Å². The first-order chi connectivity index (χ1) is 10.4. The highest BCUT2D eigenvalue weighted by molar-refractivity contribution is 7.86. The van der Waals surface area contributed by atoms with Crippen molar-refractivity contribution in [3.05, 3.63) is 18.2 Å². The average molecular weight is 331 g/mol. The van der Waals surface area contributed by atoms with E-state index in [0.29, 0.717) is 32.2 Å². The maximum absolute atomic E-state index is 12.9. The number of ether oxygens (including phenoxy) is 1. The number of hydrogen-bond donors (Lipinski definition) is 0. The van der Waals surface area contributed by atoms with Gasteiger partial charge in [-0.2, -0.15) is 17.0 Å². The Bertz CT molecular complexity index is 639. The lowest BCUT2D eigenvalue weighted by molar-refractivity contribution is -0.0162. The van der Waals surface area contributed by atoms with E-state index in [0.717, 1.165) is 12.4 Å². The van der Waals surface area contributed by atoms with Gasteiger partial charge in [-0.25, -0.2) is 14.4 Å². The number of anilines is 1. The van der Waals surface area contributed by atoms with Gasteiger partial charge in [0.25, 0.3) is 10.2 Å². The molecule has 0 saturated carbocycles. The maximum Gasteiger partial charge on any atom is 0.281 e. The molecule has 2 fully saturated rings. The first-order valence-electron chi connectivity index (χ1n) is 6.93. The predicted octanol–water partition coefficient (Wildman–Crippen LogP) is -0.688. The van der Waals surface area contributed by atoms with Crippen molar-refractivity contribution < 1.29 is 17.5 Å². The van der Waals surface area contributed by atoms with Crippen molar-refractivity contribution in [1.82, 2.24) is 18.6 Å². The highest BCUT2D eigenvalue weighted by Crippen LogP contribution is 2.27. The molecular formula is C12H18FN5O3S. The number of morpholine rings is 1. The summed E-state index contributed by atoms with van der Waals surface area (Å²) in [5.74, 6) is -0.130. The summed E-state index contributed by atoms with van der Waals surface area (Å²) in [6.45, 7) is 1.57.